The molecular formula is C27H32N4O4. The van der Waals surface area contributed by atoms with E-state index >= 15 is 0 Å². The van der Waals surface area contributed by atoms with E-state index in [0.29, 0.717) is 48.7 Å². The Morgan fingerprint density at radius 3 is 2.74 bits per heavy atom. The molecule has 1 atom stereocenters. The number of piperidine rings is 1. The molecule has 1 saturated heterocycles. The Hall–Kier alpha value is -3.81. The third kappa shape index (κ3) is 5.01. The van der Waals surface area contributed by atoms with E-state index in [1.807, 2.05) is 35.2 Å². The van der Waals surface area contributed by atoms with Gasteiger partial charge in [0.2, 0.25) is 11.8 Å². The van der Waals surface area contributed by atoms with Crippen LogP contribution in [0.3, 0.4) is 0 Å². The minimum atomic E-state index is -0.487. The van der Waals surface area contributed by atoms with E-state index in [2.05, 4.69) is 43.3 Å². The summed E-state index contributed by atoms with van der Waals surface area (Å²) in [5.41, 5.74) is 6.00. The molecule has 1 unspecified atom stereocenters. The number of aryl methyl sites for hydroxylation is 1. The van der Waals surface area contributed by atoms with Gasteiger partial charge in [0.1, 0.15) is 11.8 Å². The molecule has 0 aliphatic carbocycles. The van der Waals surface area contributed by atoms with E-state index in [1.54, 1.807) is 0 Å². The van der Waals surface area contributed by atoms with Crippen LogP contribution in [0.5, 0.6) is 5.75 Å². The molecule has 2 aliphatic heterocycles. The van der Waals surface area contributed by atoms with Crippen molar-refractivity contribution >= 4 is 29.2 Å². The van der Waals surface area contributed by atoms with Crippen molar-refractivity contribution in [1.29, 1.82) is 0 Å². The van der Waals surface area contributed by atoms with Crippen LogP contribution in [-0.4, -0.2) is 40.4 Å². The molecule has 8 nitrogen and oxygen atoms in total. The standard InChI is InChI=1S/C27H32N4O4/c1-15(2)21-13-19(7-5-16(21)3)29-27(35)28-12-11-18-6-8-20-17(4)31(14-22(20)25(18)33)23-9-10-24(32)30-26(23)34/h5-8,13,15,23,33H,4,9-12,14H2,1-3H3,(H2,28,29,35)(H,30,32,34). The van der Waals surface area contributed by atoms with Crippen LogP contribution in [0.4, 0.5) is 10.5 Å². The zero-order chi connectivity index (χ0) is 25.3. The van der Waals surface area contributed by atoms with Crippen LogP contribution in [0.1, 0.15) is 60.4 Å². The number of urea groups is 1. The Balaban J connectivity index is 1.36. The average Bonchev–Trinajstić information content (AvgIpc) is 3.13. The largest absolute Gasteiger partial charge is 0.507 e. The minimum Gasteiger partial charge on any atom is -0.507 e. The Morgan fingerprint density at radius 2 is 2.03 bits per heavy atom. The van der Waals surface area contributed by atoms with Gasteiger partial charge in [0.15, 0.2) is 0 Å². The molecule has 0 saturated carbocycles. The topological polar surface area (TPSA) is 111 Å². The van der Waals surface area contributed by atoms with Crippen LogP contribution in [0.2, 0.25) is 0 Å². The summed E-state index contributed by atoms with van der Waals surface area (Å²) in [6, 6.07) is 8.79. The molecule has 8 heteroatoms. The van der Waals surface area contributed by atoms with E-state index in [-0.39, 0.29) is 30.0 Å². The third-order valence-corrected chi connectivity index (χ3v) is 6.78. The molecule has 1 fully saturated rings. The van der Waals surface area contributed by atoms with Gasteiger partial charge in [-0.25, -0.2) is 4.79 Å². The second-order valence-electron chi connectivity index (χ2n) is 9.50. The lowest BCUT2D eigenvalue weighted by Crippen LogP contribution is -2.50. The van der Waals surface area contributed by atoms with Crippen molar-refractivity contribution in [3.63, 3.8) is 0 Å². The number of nitrogens with zero attached hydrogens (tertiary/aromatic N) is 1. The molecule has 4 N–H and O–H groups in total. The lowest BCUT2D eigenvalue weighted by Gasteiger charge is -2.31. The molecule has 0 radical (unpaired) electrons. The number of aromatic hydroxyl groups is 1. The van der Waals surface area contributed by atoms with Gasteiger partial charge in [-0.2, -0.15) is 0 Å². The molecule has 2 aliphatic rings. The van der Waals surface area contributed by atoms with Crippen LogP contribution in [-0.2, 0) is 22.6 Å². The molecule has 0 bridgehead atoms. The van der Waals surface area contributed by atoms with E-state index in [1.165, 1.54) is 11.1 Å². The number of hydrogen-bond acceptors (Lipinski definition) is 5. The fourth-order valence-corrected chi connectivity index (χ4v) is 4.84. The van der Waals surface area contributed by atoms with Gasteiger partial charge in [-0.3, -0.25) is 14.9 Å². The molecule has 4 rings (SSSR count). The molecule has 0 aromatic heterocycles. The van der Waals surface area contributed by atoms with Gasteiger partial charge >= 0.3 is 6.03 Å². The first-order chi connectivity index (χ1) is 16.7. The lowest BCUT2D eigenvalue weighted by molar-refractivity contribution is -0.136. The number of imide groups is 1. The van der Waals surface area contributed by atoms with E-state index in [0.717, 1.165) is 11.3 Å². The van der Waals surface area contributed by atoms with Crippen molar-refractivity contribution in [2.24, 2.45) is 0 Å². The quantitative estimate of drug-likeness (QED) is 0.474. The number of phenolic OH excluding ortho intramolecular Hbond substituents is 1. The van der Waals surface area contributed by atoms with E-state index in [9.17, 15) is 19.5 Å². The summed E-state index contributed by atoms with van der Waals surface area (Å²) in [5, 5.41) is 19.0. The summed E-state index contributed by atoms with van der Waals surface area (Å²) in [7, 11) is 0. The molecule has 0 spiro atoms. The molecule has 2 aromatic carbocycles. The van der Waals surface area contributed by atoms with Gasteiger partial charge in [-0.05, 0) is 54.5 Å². The number of phenols is 1. The lowest BCUT2D eigenvalue weighted by atomic mass is 9.97. The van der Waals surface area contributed by atoms with Gasteiger partial charge < -0.3 is 20.6 Å². The molecular weight excluding hydrogens is 444 g/mol. The zero-order valence-corrected chi connectivity index (χ0v) is 20.4. The van der Waals surface area contributed by atoms with Gasteiger partial charge in [0, 0.05) is 42.0 Å². The molecule has 184 valence electrons. The number of hydrogen-bond donors (Lipinski definition) is 4. The highest BCUT2D eigenvalue weighted by molar-refractivity contribution is 6.01. The molecule has 4 amide bonds. The highest BCUT2D eigenvalue weighted by Crippen LogP contribution is 2.40. The molecule has 2 aromatic rings. The summed E-state index contributed by atoms with van der Waals surface area (Å²) in [6.45, 7) is 11.1. The Morgan fingerprint density at radius 1 is 1.26 bits per heavy atom. The van der Waals surface area contributed by atoms with Gasteiger partial charge in [-0.15, -0.1) is 0 Å². The van der Waals surface area contributed by atoms with Crippen molar-refractivity contribution in [2.45, 2.75) is 58.5 Å². The highest BCUT2D eigenvalue weighted by Gasteiger charge is 2.37. The predicted octanol–water partition coefficient (Wildman–Crippen LogP) is 3.78. The zero-order valence-electron chi connectivity index (χ0n) is 20.4. The third-order valence-electron chi connectivity index (χ3n) is 6.78. The number of carbonyl (C=O) groups excluding carboxylic acids is 3. The van der Waals surface area contributed by atoms with Crippen LogP contribution in [0, 0.1) is 6.92 Å². The molecule has 35 heavy (non-hydrogen) atoms. The number of carbonyl (C=O) groups is 3. The maximum absolute atomic E-state index is 12.4. The second kappa shape index (κ2) is 9.82. The number of amides is 4. The Labute approximate surface area is 205 Å². The van der Waals surface area contributed by atoms with Crippen molar-refractivity contribution < 1.29 is 19.5 Å². The molecule has 2 heterocycles. The summed E-state index contributed by atoms with van der Waals surface area (Å²) < 4.78 is 0. The van der Waals surface area contributed by atoms with Gasteiger partial charge in [0.25, 0.3) is 0 Å². The normalized spacial score (nSPS) is 17.4. The first-order valence-electron chi connectivity index (χ1n) is 11.9. The van der Waals surface area contributed by atoms with Crippen LogP contribution >= 0.6 is 0 Å². The Kier molecular flexibility index (Phi) is 6.82. The number of fused-ring (bicyclic) bond motifs is 1. The Bertz CT molecular complexity index is 1200. The van der Waals surface area contributed by atoms with Crippen molar-refractivity contribution in [3.8, 4) is 5.75 Å². The summed E-state index contributed by atoms with van der Waals surface area (Å²) in [5.74, 6) is -0.0810. The number of anilines is 1. The number of rotatable bonds is 6. The monoisotopic (exact) mass is 476 g/mol. The van der Waals surface area contributed by atoms with E-state index in [4.69, 9.17) is 0 Å². The van der Waals surface area contributed by atoms with Crippen LogP contribution in [0.25, 0.3) is 5.70 Å². The fourth-order valence-electron chi connectivity index (χ4n) is 4.84. The van der Waals surface area contributed by atoms with E-state index < -0.39 is 6.04 Å². The predicted molar refractivity (Wildman–Crippen MR) is 135 cm³/mol. The second-order valence-corrected chi connectivity index (χ2v) is 9.50. The van der Waals surface area contributed by atoms with Crippen LogP contribution in [0.15, 0.2) is 36.9 Å². The summed E-state index contributed by atoms with van der Waals surface area (Å²) in [4.78, 5) is 38.0. The smallest absolute Gasteiger partial charge is 0.319 e. The number of benzene rings is 2. The van der Waals surface area contributed by atoms with Crippen molar-refractivity contribution in [3.05, 3.63) is 64.7 Å². The first kappa shape index (κ1) is 24.3. The maximum atomic E-state index is 12.4. The van der Waals surface area contributed by atoms with Crippen molar-refractivity contribution in [2.75, 3.05) is 11.9 Å². The summed E-state index contributed by atoms with van der Waals surface area (Å²) >= 11 is 0. The van der Waals surface area contributed by atoms with Gasteiger partial charge in [-0.1, -0.05) is 38.6 Å². The fraction of sp³-hybridized carbons (Fsp3) is 0.370. The van der Waals surface area contributed by atoms with Gasteiger partial charge in [0.05, 0.1) is 0 Å². The average molecular weight is 477 g/mol. The van der Waals surface area contributed by atoms with Crippen molar-refractivity contribution in [1.82, 2.24) is 15.5 Å². The maximum Gasteiger partial charge on any atom is 0.319 e. The highest BCUT2D eigenvalue weighted by atomic mass is 16.3. The number of nitrogens with one attached hydrogen (secondary N) is 3. The SMILES string of the molecule is C=C1c2ccc(CCNC(=O)Nc3ccc(C)c(C(C)C)c3)c(O)c2CN1C1CCC(=O)NC1=O. The first-order valence-corrected chi connectivity index (χ1v) is 11.9. The van der Waals surface area contributed by atoms with Crippen LogP contribution < -0.4 is 16.0 Å². The summed E-state index contributed by atoms with van der Waals surface area (Å²) in [6.07, 6.45) is 1.15. The minimum absolute atomic E-state index is 0.153.